The topological polar surface area (TPSA) is 66.0 Å². The largest absolute Gasteiger partial charge is 0.468 e. The maximum Gasteiger partial charge on any atom is 0.231 e. The monoisotopic (exact) mass is 264 g/mol. The lowest BCUT2D eigenvalue weighted by Crippen LogP contribution is -2.47. The number of nitrogens with one attached hydrogen (secondary N) is 1. The van der Waals surface area contributed by atoms with Crippen molar-refractivity contribution in [2.24, 2.45) is 5.92 Å². The van der Waals surface area contributed by atoms with Gasteiger partial charge in [-0.15, -0.1) is 11.8 Å². The average molecular weight is 264 g/mol. The van der Waals surface area contributed by atoms with Gasteiger partial charge in [0.25, 0.3) is 0 Å². The van der Waals surface area contributed by atoms with Crippen LogP contribution in [0, 0.1) is 17.2 Å². The molecule has 0 spiro atoms. The Labute approximate surface area is 111 Å². The zero-order valence-corrected chi connectivity index (χ0v) is 11.1. The summed E-state index contributed by atoms with van der Waals surface area (Å²) in [6.45, 7) is 1.81. The van der Waals surface area contributed by atoms with Crippen molar-refractivity contribution in [1.29, 1.82) is 5.26 Å². The van der Waals surface area contributed by atoms with Gasteiger partial charge < -0.3 is 9.73 Å². The lowest BCUT2D eigenvalue weighted by Gasteiger charge is -2.22. The molecule has 1 aromatic rings. The molecule has 1 amide bonds. The van der Waals surface area contributed by atoms with E-state index < -0.39 is 5.54 Å². The smallest absolute Gasteiger partial charge is 0.231 e. The average Bonchev–Trinajstić information content (AvgIpc) is 3.09. The van der Waals surface area contributed by atoms with Crippen LogP contribution in [-0.4, -0.2) is 17.2 Å². The van der Waals surface area contributed by atoms with E-state index in [9.17, 15) is 4.79 Å². The normalized spacial score (nSPS) is 17.8. The van der Waals surface area contributed by atoms with E-state index in [2.05, 4.69) is 11.4 Å². The molecule has 1 saturated carbocycles. The van der Waals surface area contributed by atoms with Gasteiger partial charge in [0.05, 0.1) is 23.8 Å². The minimum atomic E-state index is -0.692. The fourth-order valence-electron chi connectivity index (χ4n) is 1.85. The molecule has 2 rings (SSSR count). The molecular weight excluding hydrogens is 248 g/mol. The number of hydrogen-bond donors (Lipinski definition) is 1. The number of carbonyl (C=O) groups is 1. The third-order valence-corrected chi connectivity index (χ3v) is 4.04. The van der Waals surface area contributed by atoms with Crippen molar-refractivity contribution in [3.05, 3.63) is 24.2 Å². The lowest BCUT2D eigenvalue weighted by atomic mass is 9.98. The summed E-state index contributed by atoms with van der Waals surface area (Å²) in [5.41, 5.74) is -0.692. The van der Waals surface area contributed by atoms with Crippen molar-refractivity contribution in [2.45, 2.75) is 31.1 Å². The summed E-state index contributed by atoms with van der Waals surface area (Å²) in [6.07, 6.45) is 3.68. The summed E-state index contributed by atoms with van der Waals surface area (Å²) in [5.74, 6) is 2.12. The van der Waals surface area contributed by atoms with Crippen LogP contribution in [0.2, 0.25) is 0 Å². The fourth-order valence-corrected chi connectivity index (χ4v) is 2.57. The number of rotatable bonds is 6. The number of furan rings is 1. The highest BCUT2D eigenvalue weighted by Gasteiger charge is 2.42. The summed E-state index contributed by atoms with van der Waals surface area (Å²) in [5, 5.41) is 12.0. The first-order chi connectivity index (χ1) is 8.64. The molecule has 0 bridgehead atoms. The van der Waals surface area contributed by atoms with Crippen molar-refractivity contribution in [1.82, 2.24) is 5.32 Å². The van der Waals surface area contributed by atoms with Crippen molar-refractivity contribution in [3.8, 4) is 6.07 Å². The molecule has 1 atom stereocenters. The van der Waals surface area contributed by atoms with E-state index in [1.807, 2.05) is 12.1 Å². The summed E-state index contributed by atoms with van der Waals surface area (Å²) in [6, 6.07) is 5.93. The molecule has 0 aliphatic heterocycles. The van der Waals surface area contributed by atoms with Gasteiger partial charge in [-0.25, -0.2) is 0 Å². The van der Waals surface area contributed by atoms with Gasteiger partial charge in [-0.05, 0) is 37.8 Å². The van der Waals surface area contributed by atoms with Crippen LogP contribution in [0.3, 0.4) is 0 Å². The van der Waals surface area contributed by atoms with E-state index in [4.69, 9.17) is 9.68 Å². The quantitative estimate of drug-likeness (QED) is 0.856. The van der Waals surface area contributed by atoms with Gasteiger partial charge >= 0.3 is 0 Å². The minimum absolute atomic E-state index is 0.0810. The molecule has 1 N–H and O–H groups in total. The number of hydrogen-bond acceptors (Lipinski definition) is 4. The van der Waals surface area contributed by atoms with Crippen molar-refractivity contribution < 1.29 is 9.21 Å². The molecule has 1 unspecified atom stereocenters. The molecule has 4 nitrogen and oxygen atoms in total. The molecule has 1 fully saturated rings. The van der Waals surface area contributed by atoms with E-state index in [1.165, 1.54) is 11.8 Å². The van der Waals surface area contributed by atoms with Crippen LogP contribution in [0.1, 0.15) is 25.5 Å². The minimum Gasteiger partial charge on any atom is -0.468 e. The van der Waals surface area contributed by atoms with Crippen LogP contribution in [0.15, 0.2) is 22.8 Å². The molecule has 0 saturated heterocycles. The number of nitrogens with zero attached hydrogens (tertiary/aromatic N) is 1. The molecule has 0 radical (unpaired) electrons. The summed E-state index contributed by atoms with van der Waals surface area (Å²) >= 11 is 1.49. The second-order valence-electron chi connectivity index (χ2n) is 4.71. The molecule has 1 aliphatic rings. The van der Waals surface area contributed by atoms with Crippen molar-refractivity contribution >= 4 is 17.7 Å². The van der Waals surface area contributed by atoms with E-state index in [1.54, 1.807) is 13.2 Å². The number of nitriles is 1. The second-order valence-corrected chi connectivity index (χ2v) is 5.69. The van der Waals surface area contributed by atoms with Crippen LogP contribution in [-0.2, 0) is 10.5 Å². The zero-order valence-electron chi connectivity index (χ0n) is 10.3. The summed E-state index contributed by atoms with van der Waals surface area (Å²) < 4.78 is 5.18. The van der Waals surface area contributed by atoms with Crippen LogP contribution < -0.4 is 5.32 Å². The predicted octanol–water partition coefficient (Wildman–Crippen LogP) is 2.32. The molecule has 1 aromatic heterocycles. The molecule has 96 valence electrons. The summed E-state index contributed by atoms with van der Waals surface area (Å²) in [4.78, 5) is 11.8. The fraction of sp³-hybridized carbons (Fsp3) is 0.538. The van der Waals surface area contributed by atoms with Gasteiger partial charge in [-0.3, -0.25) is 4.79 Å². The Morgan fingerprint density at radius 2 is 2.50 bits per heavy atom. The zero-order chi connectivity index (χ0) is 13.0. The number of amides is 1. The van der Waals surface area contributed by atoms with E-state index >= 15 is 0 Å². The lowest BCUT2D eigenvalue weighted by molar-refractivity contribution is -0.119. The van der Waals surface area contributed by atoms with Gasteiger partial charge in [0.15, 0.2) is 0 Å². The van der Waals surface area contributed by atoms with Gasteiger partial charge in [-0.1, -0.05) is 0 Å². The van der Waals surface area contributed by atoms with E-state index in [0.717, 1.165) is 18.6 Å². The highest BCUT2D eigenvalue weighted by molar-refractivity contribution is 7.99. The van der Waals surface area contributed by atoms with Gasteiger partial charge in [-0.2, -0.15) is 5.26 Å². The van der Waals surface area contributed by atoms with Crippen LogP contribution in [0.25, 0.3) is 0 Å². The first kappa shape index (κ1) is 13.0. The standard InChI is InChI=1S/C13H16N2O2S/c1-13(9-14,10-4-5-10)15-12(16)8-18-7-11-3-2-6-17-11/h2-3,6,10H,4-5,7-8H2,1H3,(H,15,16). The molecule has 1 heterocycles. The van der Waals surface area contributed by atoms with Crippen LogP contribution in [0.5, 0.6) is 0 Å². The second kappa shape index (κ2) is 5.49. The molecule has 5 heteroatoms. The SMILES string of the molecule is CC(C#N)(NC(=O)CSCc1ccco1)C1CC1. The van der Waals surface area contributed by atoms with Crippen LogP contribution in [0.4, 0.5) is 0 Å². The molecule has 18 heavy (non-hydrogen) atoms. The first-order valence-corrected chi connectivity index (χ1v) is 7.12. The van der Waals surface area contributed by atoms with Gasteiger partial charge in [0, 0.05) is 0 Å². The van der Waals surface area contributed by atoms with Gasteiger partial charge in [0.1, 0.15) is 11.3 Å². The highest BCUT2D eigenvalue weighted by Crippen LogP contribution is 2.39. The number of carbonyl (C=O) groups excluding carboxylic acids is 1. The third kappa shape index (κ3) is 3.30. The highest BCUT2D eigenvalue weighted by atomic mass is 32.2. The summed E-state index contributed by atoms with van der Waals surface area (Å²) in [7, 11) is 0. The Kier molecular flexibility index (Phi) is 3.97. The maximum atomic E-state index is 11.8. The Morgan fingerprint density at radius 3 is 3.06 bits per heavy atom. The Balaban J connectivity index is 1.73. The first-order valence-electron chi connectivity index (χ1n) is 5.96. The Morgan fingerprint density at radius 1 is 1.72 bits per heavy atom. The number of thioether (sulfide) groups is 1. The molecule has 0 aromatic carbocycles. The maximum absolute atomic E-state index is 11.8. The Hall–Kier alpha value is -1.41. The van der Waals surface area contributed by atoms with E-state index in [-0.39, 0.29) is 5.91 Å². The van der Waals surface area contributed by atoms with Crippen molar-refractivity contribution in [2.75, 3.05) is 5.75 Å². The van der Waals surface area contributed by atoms with Gasteiger partial charge in [0.2, 0.25) is 5.91 Å². The van der Waals surface area contributed by atoms with Crippen molar-refractivity contribution in [3.63, 3.8) is 0 Å². The molecule has 1 aliphatic carbocycles. The predicted molar refractivity (Wildman–Crippen MR) is 69.8 cm³/mol. The molecular formula is C13H16N2O2S. The Bertz CT molecular complexity index is 448. The third-order valence-electron chi connectivity index (χ3n) is 3.08. The van der Waals surface area contributed by atoms with E-state index in [0.29, 0.717) is 17.4 Å². The van der Waals surface area contributed by atoms with Crippen LogP contribution >= 0.6 is 11.8 Å².